The van der Waals surface area contributed by atoms with Gasteiger partial charge in [-0.3, -0.25) is 9.48 Å². The van der Waals surface area contributed by atoms with Crippen LogP contribution in [0.15, 0.2) is 6.20 Å². The lowest BCUT2D eigenvalue weighted by atomic mass is 10.2. The van der Waals surface area contributed by atoms with Crippen LogP contribution < -0.4 is 0 Å². The van der Waals surface area contributed by atoms with Gasteiger partial charge in [-0.1, -0.05) is 11.6 Å². The summed E-state index contributed by atoms with van der Waals surface area (Å²) < 4.78 is 1.64. The second-order valence-corrected chi connectivity index (χ2v) is 4.22. The molecular formula is C9H13ClN2OS. The summed E-state index contributed by atoms with van der Waals surface area (Å²) in [6.07, 6.45) is 4.02. The van der Waals surface area contributed by atoms with Crippen molar-refractivity contribution in [3.05, 3.63) is 16.9 Å². The highest BCUT2D eigenvalue weighted by molar-refractivity contribution is 7.98. The van der Waals surface area contributed by atoms with E-state index >= 15 is 0 Å². The molecule has 0 spiro atoms. The van der Waals surface area contributed by atoms with Crippen LogP contribution >= 0.6 is 23.4 Å². The Kier molecular flexibility index (Phi) is 4.48. The van der Waals surface area contributed by atoms with Crippen LogP contribution in [0.25, 0.3) is 0 Å². The first-order chi connectivity index (χ1) is 6.70. The van der Waals surface area contributed by atoms with Crippen LogP contribution in [0.4, 0.5) is 0 Å². The molecule has 0 aromatic carbocycles. The normalized spacial score (nSPS) is 10.5. The van der Waals surface area contributed by atoms with Crippen LogP contribution in [-0.4, -0.2) is 27.6 Å². The van der Waals surface area contributed by atoms with Gasteiger partial charge in [0.1, 0.15) is 5.69 Å². The molecule has 0 fully saturated rings. The predicted octanol–water partition coefficient (Wildman–Crippen LogP) is 2.49. The molecule has 0 aliphatic heterocycles. The van der Waals surface area contributed by atoms with Crippen molar-refractivity contribution in [3.8, 4) is 0 Å². The molecule has 14 heavy (non-hydrogen) atoms. The first kappa shape index (κ1) is 11.6. The van der Waals surface area contributed by atoms with Gasteiger partial charge in [-0.05, 0) is 13.2 Å². The molecule has 0 unspecified atom stereocenters. The molecule has 0 saturated heterocycles. The first-order valence-electron chi connectivity index (χ1n) is 4.44. The summed E-state index contributed by atoms with van der Waals surface area (Å²) in [4.78, 5) is 11.7. The van der Waals surface area contributed by atoms with Crippen molar-refractivity contribution in [2.75, 3.05) is 12.0 Å². The average Bonchev–Trinajstić information content (AvgIpc) is 2.56. The summed E-state index contributed by atoms with van der Waals surface area (Å²) >= 11 is 7.54. The fourth-order valence-corrected chi connectivity index (χ4v) is 1.83. The van der Waals surface area contributed by atoms with Gasteiger partial charge in [-0.2, -0.15) is 16.9 Å². The van der Waals surface area contributed by atoms with Crippen LogP contribution in [-0.2, 0) is 6.54 Å². The van der Waals surface area contributed by atoms with E-state index < -0.39 is 0 Å². The highest BCUT2D eigenvalue weighted by Gasteiger charge is 2.15. The van der Waals surface area contributed by atoms with Crippen molar-refractivity contribution in [2.24, 2.45) is 0 Å². The molecule has 0 aliphatic carbocycles. The molecule has 0 N–H and O–H groups in total. The Morgan fingerprint density at radius 1 is 1.71 bits per heavy atom. The lowest BCUT2D eigenvalue weighted by Gasteiger charge is -2.03. The van der Waals surface area contributed by atoms with Gasteiger partial charge < -0.3 is 0 Å². The van der Waals surface area contributed by atoms with Crippen molar-refractivity contribution in [3.63, 3.8) is 0 Å². The number of halogens is 1. The molecule has 0 radical (unpaired) electrons. The third-order valence-corrected chi connectivity index (χ3v) is 2.78. The lowest BCUT2D eigenvalue weighted by Crippen LogP contribution is -2.10. The molecule has 1 rings (SSSR count). The fourth-order valence-electron chi connectivity index (χ4n) is 1.19. The van der Waals surface area contributed by atoms with E-state index in [1.807, 2.05) is 13.2 Å². The summed E-state index contributed by atoms with van der Waals surface area (Å²) in [6.45, 7) is 2.61. The molecule has 1 heterocycles. The van der Waals surface area contributed by atoms with Crippen LogP contribution in [0.3, 0.4) is 0 Å². The van der Waals surface area contributed by atoms with E-state index in [1.54, 1.807) is 16.4 Å². The summed E-state index contributed by atoms with van der Waals surface area (Å²) in [5.41, 5.74) is 0.545. The summed E-state index contributed by atoms with van der Waals surface area (Å²) in [5.74, 6) is 0.896. The Balaban J connectivity index is 2.82. The van der Waals surface area contributed by atoms with Gasteiger partial charge in [0.15, 0.2) is 5.78 Å². The van der Waals surface area contributed by atoms with E-state index in [0.717, 1.165) is 5.75 Å². The van der Waals surface area contributed by atoms with Gasteiger partial charge >= 0.3 is 0 Å². The van der Waals surface area contributed by atoms with Crippen molar-refractivity contribution in [1.29, 1.82) is 0 Å². The van der Waals surface area contributed by atoms with Gasteiger partial charge in [-0.25, -0.2) is 0 Å². The molecule has 5 heteroatoms. The summed E-state index contributed by atoms with van der Waals surface area (Å²) in [5, 5.41) is 4.48. The maximum atomic E-state index is 11.7. The number of Topliss-reactive ketones (excluding diaryl/α,β-unsaturated/α-hetero) is 1. The molecule has 3 nitrogen and oxygen atoms in total. The maximum Gasteiger partial charge on any atom is 0.183 e. The Bertz CT molecular complexity index is 325. The third kappa shape index (κ3) is 2.51. The number of hydrogen-bond acceptors (Lipinski definition) is 3. The fraction of sp³-hybridized carbons (Fsp3) is 0.556. The molecule has 78 valence electrons. The summed E-state index contributed by atoms with van der Waals surface area (Å²) in [7, 11) is 0. The van der Waals surface area contributed by atoms with E-state index in [2.05, 4.69) is 5.10 Å². The molecule has 0 aliphatic rings. The van der Waals surface area contributed by atoms with E-state index in [0.29, 0.717) is 23.7 Å². The van der Waals surface area contributed by atoms with Gasteiger partial charge in [0, 0.05) is 18.7 Å². The van der Waals surface area contributed by atoms with Crippen LogP contribution in [0.5, 0.6) is 0 Å². The number of carbonyl (C=O) groups is 1. The number of nitrogens with zero attached hydrogens (tertiary/aromatic N) is 2. The minimum Gasteiger partial charge on any atom is -0.292 e. The zero-order chi connectivity index (χ0) is 10.6. The molecule has 1 aromatic rings. The maximum absolute atomic E-state index is 11.7. The SMILES string of the molecule is CCn1ncc(Cl)c1C(=O)CCSC. The van der Waals surface area contributed by atoms with Crippen LogP contribution in [0, 0.1) is 0 Å². The number of hydrogen-bond donors (Lipinski definition) is 0. The van der Waals surface area contributed by atoms with Crippen molar-refractivity contribution < 1.29 is 4.79 Å². The number of ketones is 1. The van der Waals surface area contributed by atoms with E-state index in [9.17, 15) is 4.79 Å². The van der Waals surface area contributed by atoms with Gasteiger partial charge in [-0.15, -0.1) is 0 Å². The number of aromatic nitrogens is 2. The predicted molar refractivity (Wildman–Crippen MR) is 60.2 cm³/mol. The second-order valence-electron chi connectivity index (χ2n) is 2.82. The van der Waals surface area contributed by atoms with E-state index in [4.69, 9.17) is 11.6 Å². The first-order valence-corrected chi connectivity index (χ1v) is 6.21. The van der Waals surface area contributed by atoms with Gasteiger partial charge in [0.05, 0.1) is 11.2 Å². The van der Waals surface area contributed by atoms with Gasteiger partial charge in [0.2, 0.25) is 0 Å². The molecular weight excluding hydrogens is 220 g/mol. The highest BCUT2D eigenvalue weighted by atomic mass is 35.5. The zero-order valence-electron chi connectivity index (χ0n) is 8.29. The van der Waals surface area contributed by atoms with Crippen LogP contribution in [0.2, 0.25) is 5.02 Å². The molecule has 0 saturated carbocycles. The Morgan fingerprint density at radius 2 is 2.43 bits per heavy atom. The van der Waals surface area contributed by atoms with E-state index in [-0.39, 0.29) is 5.78 Å². The van der Waals surface area contributed by atoms with Crippen LogP contribution in [0.1, 0.15) is 23.8 Å². The molecule has 0 atom stereocenters. The van der Waals surface area contributed by atoms with E-state index in [1.165, 1.54) is 6.20 Å². The smallest absolute Gasteiger partial charge is 0.183 e. The largest absolute Gasteiger partial charge is 0.292 e. The third-order valence-electron chi connectivity index (χ3n) is 1.89. The number of rotatable bonds is 5. The average molecular weight is 233 g/mol. The summed E-state index contributed by atoms with van der Waals surface area (Å²) in [6, 6.07) is 0. The van der Waals surface area contributed by atoms with Gasteiger partial charge in [0.25, 0.3) is 0 Å². The highest BCUT2D eigenvalue weighted by Crippen LogP contribution is 2.17. The molecule has 1 aromatic heterocycles. The molecule has 0 amide bonds. The minimum absolute atomic E-state index is 0.0729. The number of carbonyl (C=O) groups excluding carboxylic acids is 1. The Morgan fingerprint density at radius 3 is 3.00 bits per heavy atom. The standard InChI is InChI=1S/C9H13ClN2OS/c1-3-12-9(7(10)6-11-12)8(13)4-5-14-2/h6H,3-5H2,1-2H3. The minimum atomic E-state index is 0.0729. The zero-order valence-corrected chi connectivity index (χ0v) is 9.86. The Hall–Kier alpha value is -0.480. The second kappa shape index (κ2) is 5.41. The Labute approximate surface area is 92.8 Å². The molecule has 0 bridgehead atoms. The number of aryl methyl sites for hydroxylation is 1. The lowest BCUT2D eigenvalue weighted by molar-refractivity contribution is 0.0979. The van der Waals surface area contributed by atoms with Crippen molar-refractivity contribution >= 4 is 29.1 Å². The quantitative estimate of drug-likeness (QED) is 0.732. The van der Waals surface area contributed by atoms with Crippen molar-refractivity contribution in [1.82, 2.24) is 9.78 Å². The monoisotopic (exact) mass is 232 g/mol. The number of thioether (sulfide) groups is 1. The topological polar surface area (TPSA) is 34.9 Å². The van der Waals surface area contributed by atoms with Crippen molar-refractivity contribution in [2.45, 2.75) is 19.9 Å².